The molecular weight excluding hydrogens is 252 g/mol. The summed E-state index contributed by atoms with van der Waals surface area (Å²) < 4.78 is 5.91. The lowest BCUT2D eigenvalue weighted by Gasteiger charge is -2.32. The molecule has 110 valence electrons. The Morgan fingerprint density at radius 3 is 2.90 bits per heavy atom. The van der Waals surface area contributed by atoms with Crippen LogP contribution in [-0.2, 0) is 9.53 Å². The third kappa shape index (κ3) is 4.32. The zero-order chi connectivity index (χ0) is 14.4. The van der Waals surface area contributed by atoms with Crippen LogP contribution in [0.2, 0.25) is 0 Å². The Kier molecular flexibility index (Phi) is 5.56. The molecule has 1 heterocycles. The highest BCUT2D eigenvalue weighted by Crippen LogP contribution is 2.32. The van der Waals surface area contributed by atoms with Gasteiger partial charge in [-0.25, -0.2) is 0 Å². The number of amides is 1. The summed E-state index contributed by atoms with van der Waals surface area (Å²) in [5, 5.41) is 2.98. The Morgan fingerprint density at radius 1 is 1.45 bits per heavy atom. The van der Waals surface area contributed by atoms with Crippen molar-refractivity contribution >= 4 is 5.91 Å². The second-order valence-electron chi connectivity index (χ2n) is 5.59. The molecule has 0 saturated carbocycles. The molecule has 0 spiro atoms. The van der Waals surface area contributed by atoms with Crippen molar-refractivity contribution in [2.24, 2.45) is 11.7 Å². The van der Waals surface area contributed by atoms with E-state index in [2.05, 4.69) is 17.4 Å². The van der Waals surface area contributed by atoms with Crippen LogP contribution in [0.25, 0.3) is 0 Å². The van der Waals surface area contributed by atoms with Gasteiger partial charge in [0.05, 0.1) is 6.10 Å². The summed E-state index contributed by atoms with van der Waals surface area (Å²) in [6, 6.07) is 10.1. The molecule has 1 aliphatic heterocycles. The number of ether oxygens (including phenoxy) is 1. The van der Waals surface area contributed by atoms with E-state index in [-0.39, 0.29) is 18.1 Å². The summed E-state index contributed by atoms with van der Waals surface area (Å²) in [5.74, 6) is 0.362. The van der Waals surface area contributed by atoms with E-state index < -0.39 is 0 Å². The summed E-state index contributed by atoms with van der Waals surface area (Å²) >= 11 is 0. The van der Waals surface area contributed by atoms with E-state index in [9.17, 15) is 4.79 Å². The van der Waals surface area contributed by atoms with Gasteiger partial charge in [0.15, 0.2) is 0 Å². The first-order valence-electron chi connectivity index (χ1n) is 7.35. The van der Waals surface area contributed by atoms with Gasteiger partial charge in [-0.1, -0.05) is 30.3 Å². The van der Waals surface area contributed by atoms with Crippen molar-refractivity contribution in [2.75, 3.05) is 13.2 Å². The highest BCUT2D eigenvalue weighted by Gasteiger charge is 2.27. The number of benzene rings is 1. The van der Waals surface area contributed by atoms with Crippen LogP contribution in [0.4, 0.5) is 0 Å². The van der Waals surface area contributed by atoms with Crippen molar-refractivity contribution in [3.05, 3.63) is 35.9 Å². The maximum atomic E-state index is 11.7. The van der Waals surface area contributed by atoms with Crippen LogP contribution in [0.1, 0.15) is 37.9 Å². The molecule has 0 bridgehead atoms. The molecule has 1 fully saturated rings. The lowest BCUT2D eigenvalue weighted by molar-refractivity contribution is -0.122. The third-order valence-electron chi connectivity index (χ3n) is 3.64. The Bertz CT molecular complexity index is 420. The van der Waals surface area contributed by atoms with Crippen LogP contribution >= 0.6 is 0 Å². The fourth-order valence-electron chi connectivity index (χ4n) is 2.67. The van der Waals surface area contributed by atoms with Gasteiger partial charge in [-0.3, -0.25) is 4.79 Å². The number of carbonyl (C=O) groups excluding carboxylic acids is 1. The molecule has 0 aromatic heterocycles. The van der Waals surface area contributed by atoms with Crippen molar-refractivity contribution in [1.82, 2.24) is 5.32 Å². The van der Waals surface area contributed by atoms with Crippen LogP contribution in [0, 0.1) is 5.92 Å². The van der Waals surface area contributed by atoms with Crippen LogP contribution < -0.4 is 11.1 Å². The number of rotatable bonds is 5. The van der Waals surface area contributed by atoms with Crippen molar-refractivity contribution < 1.29 is 9.53 Å². The Morgan fingerprint density at radius 2 is 2.20 bits per heavy atom. The molecule has 4 heteroatoms. The molecule has 3 atom stereocenters. The zero-order valence-corrected chi connectivity index (χ0v) is 12.0. The first kappa shape index (κ1) is 15.0. The van der Waals surface area contributed by atoms with Crippen molar-refractivity contribution in [3.63, 3.8) is 0 Å². The highest BCUT2D eigenvalue weighted by molar-refractivity contribution is 5.76. The van der Waals surface area contributed by atoms with Crippen LogP contribution in [0.3, 0.4) is 0 Å². The number of nitrogens with one attached hydrogen (secondary N) is 1. The Balaban J connectivity index is 1.92. The summed E-state index contributed by atoms with van der Waals surface area (Å²) in [6.45, 7) is 3.30. The summed E-state index contributed by atoms with van der Waals surface area (Å²) in [5.41, 5.74) is 6.83. The van der Waals surface area contributed by atoms with E-state index in [0.29, 0.717) is 18.9 Å². The fraction of sp³-hybridized carbons (Fsp3) is 0.562. The van der Waals surface area contributed by atoms with Gasteiger partial charge >= 0.3 is 0 Å². The number of nitrogens with two attached hydrogens (primary N) is 1. The summed E-state index contributed by atoms with van der Waals surface area (Å²) in [7, 11) is 0. The van der Waals surface area contributed by atoms with E-state index in [4.69, 9.17) is 10.5 Å². The van der Waals surface area contributed by atoms with Gasteiger partial charge in [0, 0.05) is 31.5 Å². The number of hydrogen-bond donors (Lipinski definition) is 2. The van der Waals surface area contributed by atoms with E-state index in [1.807, 2.05) is 25.1 Å². The normalized spacial score (nSPS) is 24.1. The molecular formula is C16H24N2O2. The summed E-state index contributed by atoms with van der Waals surface area (Å²) in [4.78, 5) is 11.7. The molecule has 4 nitrogen and oxygen atoms in total. The van der Waals surface area contributed by atoms with Gasteiger partial charge < -0.3 is 15.8 Å². The van der Waals surface area contributed by atoms with E-state index in [1.165, 1.54) is 5.56 Å². The fourth-order valence-corrected chi connectivity index (χ4v) is 2.67. The Labute approximate surface area is 120 Å². The average Bonchev–Trinajstić information content (AvgIpc) is 2.46. The summed E-state index contributed by atoms with van der Waals surface area (Å²) in [6.07, 6.45) is 2.60. The lowest BCUT2D eigenvalue weighted by atomic mass is 9.89. The minimum atomic E-state index is -0.0949. The third-order valence-corrected chi connectivity index (χ3v) is 3.64. The molecule has 1 amide bonds. The molecule has 1 aromatic rings. The minimum Gasteiger partial charge on any atom is -0.373 e. The monoisotopic (exact) mass is 276 g/mol. The lowest BCUT2D eigenvalue weighted by Crippen LogP contribution is -2.37. The molecule has 1 aliphatic rings. The van der Waals surface area contributed by atoms with Crippen LogP contribution in [-0.4, -0.2) is 25.1 Å². The van der Waals surface area contributed by atoms with Gasteiger partial charge in [0.1, 0.15) is 0 Å². The Hall–Kier alpha value is -1.39. The number of hydrogen-bond acceptors (Lipinski definition) is 3. The molecule has 0 radical (unpaired) electrons. The van der Waals surface area contributed by atoms with Gasteiger partial charge in [0.25, 0.3) is 0 Å². The van der Waals surface area contributed by atoms with E-state index >= 15 is 0 Å². The quantitative estimate of drug-likeness (QED) is 0.864. The first-order chi connectivity index (χ1) is 9.66. The largest absolute Gasteiger partial charge is 0.373 e. The maximum absolute atomic E-state index is 11.7. The van der Waals surface area contributed by atoms with Crippen molar-refractivity contribution in [2.45, 2.75) is 38.3 Å². The molecule has 2 rings (SSSR count). The van der Waals surface area contributed by atoms with Crippen LogP contribution in [0.5, 0.6) is 0 Å². The van der Waals surface area contributed by atoms with Crippen LogP contribution in [0.15, 0.2) is 30.3 Å². The second-order valence-corrected chi connectivity index (χ2v) is 5.59. The zero-order valence-electron chi connectivity index (χ0n) is 12.0. The maximum Gasteiger partial charge on any atom is 0.221 e. The molecule has 0 aliphatic carbocycles. The van der Waals surface area contributed by atoms with Crippen molar-refractivity contribution in [1.29, 1.82) is 0 Å². The molecule has 3 N–H and O–H groups in total. The predicted octanol–water partition coefficient (Wildman–Crippen LogP) is 2.01. The topological polar surface area (TPSA) is 64.4 Å². The molecule has 1 aromatic carbocycles. The van der Waals surface area contributed by atoms with Crippen molar-refractivity contribution in [3.8, 4) is 0 Å². The molecule has 1 saturated heterocycles. The minimum absolute atomic E-state index is 0.0254. The van der Waals surface area contributed by atoms with Gasteiger partial charge in [-0.05, 0) is 25.3 Å². The SMILES string of the molecule is CC(N)CC(=O)NCC1CCCOC1c1ccccc1. The molecule has 20 heavy (non-hydrogen) atoms. The first-order valence-corrected chi connectivity index (χ1v) is 7.35. The van der Waals surface area contributed by atoms with E-state index in [1.54, 1.807) is 0 Å². The second kappa shape index (κ2) is 7.41. The highest BCUT2D eigenvalue weighted by atomic mass is 16.5. The van der Waals surface area contributed by atoms with Gasteiger partial charge in [0.2, 0.25) is 5.91 Å². The predicted molar refractivity (Wildman–Crippen MR) is 79.1 cm³/mol. The van der Waals surface area contributed by atoms with E-state index in [0.717, 1.165) is 19.4 Å². The standard InChI is InChI=1S/C16H24N2O2/c1-12(17)10-15(19)18-11-14-8-5-9-20-16(14)13-6-3-2-4-7-13/h2-4,6-7,12,14,16H,5,8-11,17H2,1H3,(H,18,19). The smallest absolute Gasteiger partial charge is 0.221 e. The van der Waals surface area contributed by atoms with Gasteiger partial charge in [-0.2, -0.15) is 0 Å². The molecule has 3 unspecified atom stereocenters. The average molecular weight is 276 g/mol. The van der Waals surface area contributed by atoms with Gasteiger partial charge in [-0.15, -0.1) is 0 Å². The number of carbonyl (C=O) groups is 1.